The highest BCUT2D eigenvalue weighted by Gasteiger charge is 2.23. The molecule has 0 bridgehead atoms. The van der Waals surface area contributed by atoms with Crippen LogP contribution in [0.4, 0.5) is 5.95 Å². The summed E-state index contributed by atoms with van der Waals surface area (Å²) in [4.78, 5) is 25.1. The monoisotopic (exact) mass is 304 g/mol. The van der Waals surface area contributed by atoms with Gasteiger partial charge in [-0.2, -0.15) is 0 Å². The van der Waals surface area contributed by atoms with E-state index in [1.807, 2.05) is 6.07 Å². The molecule has 5 nitrogen and oxygen atoms in total. The Labute approximate surface area is 133 Å². The molecule has 1 unspecified atom stereocenters. The Bertz CT molecular complexity index is 443. The minimum absolute atomic E-state index is 0.200. The second-order valence-electron chi connectivity index (χ2n) is 6.14. The number of anilines is 1. The summed E-state index contributed by atoms with van der Waals surface area (Å²) in [7, 11) is 0. The molecule has 0 amide bonds. The van der Waals surface area contributed by atoms with E-state index in [1.54, 1.807) is 19.3 Å². The van der Waals surface area contributed by atoms with E-state index in [2.05, 4.69) is 26.7 Å². The van der Waals surface area contributed by atoms with Crippen molar-refractivity contribution in [2.75, 3.05) is 37.6 Å². The van der Waals surface area contributed by atoms with Gasteiger partial charge in [-0.25, -0.2) is 9.97 Å². The summed E-state index contributed by atoms with van der Waals surface area (Å²) >= 11 is 0. The van der Waals surface area contributed by atoms with Gasteiger partial charge in [0.05, 0.1) is 0 Å². The van der Waals surface area contributed by atoms with Gasteiger partial charge < -0.3 is 4.90 Å². The zero-order valence-corrected chi connectivity index (χ0v) is 13.9. The first-order chi connectivity index (χ1) is 10.7. The SMILES string of the molecule is CCCCCC(CN1CCN(c2ncccn2)CC1)C(C)=O. The summed E-state index contributed by atoms with van der Waals surface area (Å²) in [5, 5.41) is 0. The van der Waals surface area contributed by atoms with E-state index in [9.17, 15) is 4.79 Å². The molecule has 0 N–H and O–H groups in total. The number of Topliss-reactive ketones (excluding diaryl/α,β-unsaturated/α-hetero) is 1. The van der Waals surface area contributed by atoms with Crippen LogP contribution >= 0.6 is 0 Å². The van der Waals surface area contributed by atoms with Crippen LogP contribution in [-0.4, -0.2) is 53.4 Å². The van der Waals surface area contributed by atoms with Crippen LogP contribution in [0.2, 0.25) is 0 Å². The number of carbonyl (C=O) groups excluding carboxylic acids is 1. The molecule has 1 aromatic heterocycles. The van der Waals surface area contributed by atoms with Gasteiger partial charge in [0.15, 0.2) is 0 Å². The number of piperazine rings is 1. The zero-order valence-electron chi connectivity index (χ0n) is 13.9. The lowest BCUT2D eigenvalue weighted by molar-refractivity contribution is -0.121. The molecule has 0 aliphatic carbocycles. The minimum atomic E-state index is 0.200. The molecular formula is C17H28N4O. The molecule has 1 saturated heterocycles. The van der Waals surface area contributed by atoms with Gasteiger partial charge in [-0.05, 0) is 19.4 Å². The van der Waals surface area contributed by atoms with E-state index in [0.717, 1.165) is 45.1 Å². The van der Waals surface area contributed by atoms with Gasteiger partial charge in [-0.15, -0.1) is 0 Å². The van der Waals surface area contributed by atoms with Crippen molar-refractivity contribution < 1.29 is 4.79 Å². The Morgan fingerprint density at radius 2 is 1.86 bits per heavy atom. The Morgan fingerprint density at radius 1 is 1.18 bits per heavy atom. The van der Waals surface area contributed by atoms with E-state index in [1.165, 1.54) is 19.3 Å². The topological polar surface area (TPSA) is 49.3 Å². The molecule has 122 valence electrons. The predicted octanol–water partition coefficient (Wildman–Crippen LogP) is 2.38. The number of ketones is 1. The normalized spacial score (nSPS) is 17.5. The van der Waals surface area contributed by atoms with Crippen LogP contribution in [0.25, 0.3) is 0 Å². The second-order valence-corrected chi connectivity index (χ2v) is 6.14. The third-order valence-corrected chi connectivity index (χ3v) is 4.42. The fraction of sp³-hybridized carbons (Fsp3) is 0.706. The van der Waals surface area contributed by atoms with E-state index in [4.69, 9.17) is 0 Å². The lowest BCUT2D eigenvalue weighted by atomic mass is 9.96. The van der Waals surface area contributed by atoms with Crippen molar-refractivity contribution in [2.24, 2.45) is 5.92 Å². The Balaban J connectivity index is 1.79. The molecule has 1 aliphatic rings. The van der Waals surface area contributed by atoms with Gasteiger partial charge in [0.25, 0.3) is 0 Å². The molecule has 0 saturated carbocycles. The zero-order chi connectivity index (χ0) is 15.8. The molecule has 1 fully saturated rings. The van der Waals surface area contributed by atoms with Crippen LogP contribution in [-0.2, 0) is 4.79 Å². The molecule has 0 radical (unpaired) electrons. The quantitative estimate of drug-likeness (QED) is 0.690. The van der Waals surface area contributed by atoms with Crippen molar-refractivity contribution >= 4 is 11.7 Å². The largest absolute Gasteiger partial charge is 0.338 e. The highest BCUT2D eigenvalue weighted by molar-refractivity contribution is 5.78. The summed E-state index contributed by atoms with van der Waals surface area (Å²) in [5.74, 6) is 1.35. The van der Waals surface area contributed by atoms with Crippen LogP contribution in [0.5, 0.6) is 0 Å². The maximum atomic E-state index is 11.8. The van der Waals surface area contributed by atoms with E-state index in [-0.39, 0.29) is 5.92 Å². The van der Waals surface area contributed by atoms with Crippen molar-refractivity contribution in [2.45, 2.75) is 39.5 Å². The highest BCUT2D eigenvalue weighted by atomic mass is 16.1. The van der Waals surface area contributed by atoms with Crippen LogP contribution < -0.4 is 4.90 Å². The standard InChI is InChI=1S/C17H28N4O/c1-3-4-5-7-16(15(2)22)14-20-10-12-21(13-11-20)17-18-8-6-9-19-17/h6,8-9,16H,3-5,7,10-14H2,1-2H3. The number of hydrogen-bond donors (Lipinski definition) is 0. The number of carbonyl (C=O) groups is 1. The number of rotatable bonds is 8. The molecule has 2 heterocycles. The molecule has 1 aromatic rings. The van der Waals surface area contributed by atoms with Crippen LogP contribution in [0.1, 0.15) is 39.5 Å². The number of nitrogens with zero attached hydrogens (tertiary/aromatic N) is 4. The number of hydrogen-bond acceptors (Lipinski definition) is 5. The predicted molar refractivity (Wildman–Crippen MR) is 89.0 cm³/mol. The summed E-state index contributed by atoms with van der Waals surface area (Å²) in [6, 6.07) is 1.84. The van der Waals surface area contributed by atoms with Crippen LogP contribution in [0.15, 0.2) is 18.5 Å². The lowest BCUT2D eigenvalue weighted by Crippen LogP contribution is -2.48. The Kier molecular flexibility index (Phi) is 6.77. The van der Waals surface area contributed by atoms with Crippen LogP contribution in [0, 0.1) is 5.92 Å². The molecule has 0 spiro atoms. The summed E-state index contributed by atoms with van der Waals surface area (Å²) in [5.41, 5.74) is 0. The lowest BCUT2D eigenvalue weighted by Gasteiger charge is -2.36. The fourth-order valence-electron chi connectivity index (χ4n) is 2.96. The van der Waals surface area contributed by atoms with Crippen LogP contribution in [0.3, 0.4) is 0 Å². The smallest absolute Gasteiger partial charge is 0.225 e. The van der Waals surface area contributed by atoms with Gasteiger partial charge in [0.2, 0.25) is 5.95 Å². The summed E-state index contributed by atoms with van der Waals surface area (Å²) in [6.45, 7) is 8.68. The van der Waals surface area contributed by atoms with Gasteiger partial charge >= 0.3 is 0 Å². The maximum absolute atomic E-state index is 11.8. The van der Waals surface area contributed by atoms with Crippen molar-refractivity contribution in [1.29, 1.82) is 0 Å². The second kappa shape index (κ2) is 8.83. The van der Waals surface area contributed by atoms with E-state index in [0.29, 0.717) is 5.78 Å². The Hall–Kier alpha value is -1.49. The first-order valence-electron chi connectivity index (χ1n) is 8.45. The number of aromatic nitrogens is 2. The third kappa shape index (κ3) is 5.05. The van der Waals surface area contributed by atoms with Gasteiger partial charge in [0, 0.05) is 51.0 Å². The van der Waals surface area contributed by atoms with Crippen molar-refractivity contribution in [3.63, 3.8) is 0 Å². The van der Waals surface area contributed by atoms with E-state index >= 15 is 0 Å². The maximum Gasteiger partial charge on any atom is 0.225 e. The first kappa shape index (κ1) is 16.9. The van der Waals surface area contributed by atoms with Crippen molar-refractivity contribution in [1.82, 2.24) is 14.9 Å². The molecule has 1 atom stereocenters. The average molecular weight is 304 g/mol. The fourth-order valence-corrected chi connectivity index (χ4v) is 2.96. The summed E-state index contributed by atoms with van der Waals surface area (Å²) < 4.78 is 0. The number of unbranched alkanes of at least 4 members (excludes halogenated alkanes) is 2. The molecule has 1 aliphatic heterocycles. The molecule has 5 heteroatoms. The van der Waals surface area contributed by atoms with Crippen molar-refractivity contribution in [3.8, 4) is 0 Å². The molecule has 22 heavy (non-hydrogen) atoms. The van der Waals surface area contributed by atoms with Crippen molar-refractivity contribution in [3.05, 3.63) is 18.5 Å². The first-order valence-corrected chi connectivity index (χ1v) is 8.45. The van der Waals surface area contributed by atoms with Gasteiger partial charge in [-0.1, -0.05) is 26.2 Å². The van der Waals surface area contributed by atoms with E-state index < -0.39 is 0 Å². The average Bonchev–Trinajstić information content (AvgIpc) is 2.55. The summed E-state index contributed by atoms with van der Waals surface area (Å²) in [6.07, 6.45) is 8.20. The highest BCUT2D eigenvalue weighted by Crippen LogP contribution is 2.16. The third-order valence-electron chi connectivity index (χ3n) is 4.42. The molecule has 0 aromatic carbocycles. The van der Waals surface area contributed by atoms with Gasteiger partial charge in [-0.3, -0.25) is 9.69 Å². The van der Waals surface area contributed by atoms with Gasteiger partial charge in [0.1, 0.15) is 5.78 Å². The molecular weight excluding hydrogens is 276 g/mol. The minimum Gasteiger partial charge on any atom is -0.338 e. The molecule has 2 rings (SSSR count). The Morgan fingerprint density at radius 3 is 2.45 bits per heavy atom.